The minimum absolute atomic E-state index is 0.0401. The van der Waals surface area contributed by atoms with Gasteiger partial charge in [0.15, 0.2) is 10.9 Å². The molecule has 1 aliphatic heterocycles. The Morgan fingerprint density at radius 2 is 1.97 bits per heavy atom. The summed E-state index contributed by atoms with van der Waals surface area (Å²) in [5.41, 5.74) is -0.797. The molecule has 1 heterocycles. The zero-order valence-corrected chi connectivity index (χ0v) is 16.3. The lowest BCUT2D eigenvalue weighted by atomic mass is 10.2. The number of nitro benzene ring substituents is 1. The molecule has 3 atom stereocenters. The van der Waals surface area contributed by atoms with Crippen LogP contribution in [0.2, 0.25) is 0 Å². The van der Waals surface area contributed by atoms with E-state index in [9.17, 15) is 41.3 Å². The maximum absolute atomic E-state index is 13.2. The molecule has 1 saturated heterocycles. The zero-order chi connectivity index (χ0) is 22.9. The van der Waals surface area contributed by atoms with Gasteiger partial charge in [0.25, 0.3) is 5.69 Å². The van der Waals surface area contributed by atoms with Crippen molar-refractivity contribution in [2.45, 2.75) is 36.3 Å². The van der Waals surface area contributed by atoms with Gasteiger partial charge in [-0.15, -0.1) is 0 Å². The number of halogens is 3. The van der Waals surface area contributed by atoms with E-state index in [1.807, 2.05) is 0 Å². The molecule has 2 rings (SSSR count). The van der Waals surface area contributed by atoms with Crippen LogP contribution in [0.3, 0.4) is 0 Å². The van der Waals surface area contributed by atoms with Gasteiger partial charge in [-0.2, -0.15) is 17.9 Å². The van der Waals surface area contributed by atoms with E-state index in [4.69, 9.17) is 0 Å². The molecular formula is C15H16F3N3O8S. The number of esters is 1. The number of methoxy groups -OCH3 is 1. The number of amides is 1. The predicted molar refractivity (Wildman–Crippen MR) is 91.3 cm³/mol. The number of nitrogens with one attached hydrogen (secondary N) is 1. The quantitative estimate of drug-likeness (QED) is 0.372. The summed E-state index contributed by atoms with van der Waals surface area (Å²) in [6.45, 7) is 0.112. The van der Waals surface area contributed by atoms with Crippen molar-refractivity contribution in [3.63, 3.8) is 0 Å². The lowest BCUT2D eigenvalue weighted by Crippen LogP contribution is -2.56. The summed E-state index contributed by atoms with van der Waals surface area (Å²) in [6.07, 6.45) is -7.87. The first kappa shape index (κ1) is 23.5. The van der Waals surface area contributed by atoms with Crippen LogP contribution in [0.1, 0.15) is 6.92 Å². The van der Waals surface area contributed by atoms with E-state index in [1.165, 1.54) is 12.1 Å². The fourth-order valence-electron chi connectivity index (χ4n) is 2.75. The molecule has 1 aromatic carbocycles. The van der Waals surface area contributed by atoms with Crippen LogP contribution in [-0.2, 0) is 29.1 Å². The number of benzene rings is 1. The lowest BCUT2D eigenvalue weighted by molar-refractivity contribution is -0.387. The Bertz CT molecular complexity index is 953. The SMILES string of the molecule is COC(=O)[C@@H]1CO[C@@H](C(F)(F)F)N1C(=O)[C@H](C)NS(=O)(=O)c1ccccc1[N+](=O)[O-]. The van der Waals surface area contributed by atoms with Crippen LogP contribution < -0.4 is 4.72 Å². The Labute approximate surface area is 167 Å². The smallest absolute Gasteiger partial charge is 0.433 e. The molecule has 1 aromatic rings. The van der Waals surface area contributed by atoms with Gasteiger partial charge < -0.3 is 9.47 Å². The summed E-state index contributed by atoms with van der Waals surface area (Å²) in [4.78, 5) is 33.7. The normalized spacial score (nSPS) is 20.6. The third kappa shape index (κ3) is 4.68. The van der Waals surface area contributed by atoms with Crippen LogP contribution >= 0.6 is 0 Å². The summed E-state index contributed by atoms with van der Waals surface area (Å²) in [7, 11) is -3.79. The Balaban J connectivity index is 2.35. The first-order valence-corrected chi connectivity index (χ1v) is 9.63. The molecule has 1 aliphatic rings. The second kappa shape index (κ2) is 8.53. The summed E-state index contributed by atoms with van der Waals surface area (Å²) in [6, 6.07) is 0.618. The molecule has 11 nitrogen and oxygen atoms in total. The molecular weight excluding hydrogens is 439 g/mol. The van der Waals surface area contributed by atoms with Gasteiger partial charge >= 0.3 is 12.1 Å². The van der Waals surface area contributed by atoms with E-state index in [0.29, 0.717) is 0 Å². The van der Waals surface area contributed by atoms with Crippen LogP contribution in [0.5, 0.6) is 0 Å². The van der Waals surface area contributed by atoms with E-state index in [-0.39, 0.29) is 4.90 Å². The molecule has 15 heteroatoms. The first-order valence-electron chi connectivity index (χ1n) is 8.15. The maximum atomic E-state index is 13.2. The highest BCUT2D eigenvalue weighted by molar-refractivity contribution is 7.89. The second-order valence-corrected chi connectivity index (χ2v) is 7.76. The summed E-state index contributed by atoms with van der Waals surface area (Å²) < 4.78 is 75.4. The number of alkyl halides is 3. The molecule has 1 amide bonds. The van der Waals surface area contributed by atoms with E-state index in [2.05, 4.69) is 9.47 Å². The Morgan fingerprint density at radius 3 is 2.50 bits per heavy atom. The summed E-state index contributed by atoms with van der Waals surface area (Å²) in [5.74, 6) is -2.63. The summed E-state index contributed by atoms with van der Waals surface area (Å²) in [5, 5.41) is 11.0. The number of nitrogens with zero attached hydrogens (tertiary/aromatic N) is 2. The van der Waals surface area contributed by atoms with Crippen molar-refractivity contribution < 1.29 is 45.6 Å². The molecule has 0 saturated carbocycles. The Morgan fingerprint density at radius 1 is 1.37 bits per heavy atom. The van der Waals surface area contributed by atoms with Gasteiger partial charge in [-0.25, -0.2) is 13.2 Å². The second-order valence-electron chi connectivity index (χ2n) is 6.08. The average molecular weight is 455 g/mol. The van der Waals surface area contributed by atoms with Crippen molar-refractivity contribution in [2.75, 3.05) is 13.7 Å². The number of rotatable bonds is 6. The highest BCUT2D eigenvalue weighted by atomic mass is 32.2. The van der Waals surface area contributed by atoms with Gasteiger partial charge in [0.05, 0.1) is 24.7 Å². The van der Waals surface area contributed by atoms with E-state index >= 15 is 0 Å². The van der Waals surface area contributed by atoms with Crippen molar-refractivity contribution in [3.05, 3.63) is 34.4 Å². The van der Waals surface area contributed by atoms with E-state index in [1.54, 1.807) is 4.72 Å². The Kier molecular flexibility index (Phi) is 6.68. The molecule has 0 bridgehead atoms. The Hall–Kier alpha value is -2.78. The number of ether oxygens (including phenoxy) is 2. The molecule has 0 aromatic heterocycles. The molecule has 1 N–H and O–H groups in total. The van der Waals surface area contributed by atoms with Crippen LogP contribution in [0.25, 0.3) is 0 Å². The number of carbonyl (C=O) groups excluding carboxylic acids is 2. The van der Waals surface area contributed by atoms with Crippen LogP contribution in [0, 0.1) is 10.1 Å². The van der Waals surface area contributed by atoms with Crippen molar-refractivity contribution in [2.24, 2.45) is 0 Å². The predicted octanol–water partition coefficient (Wildman–Crippen LogP) is 0.550. The molecule has 30 heavy (non-hydrogen) atoms. The van der Waals surface area contributed by atoms with Crippen molar-refractivity contribution in [3.8, 4) is 0 Å². The maximum Gasteiger partial charge on any atom is 0.433 e. The third-order valence-electron chi connectivity index (χ3n) is 4.06. The van der Waals surface area contributed by atoms with Crippen LogP contribution in [0.4, 0.5) is 18.9 Å². The number of nitro groups is 1. The van der Waals surface area contributed by atoms with E-state index < -0.39 is 68.5 Å². The fourth-order valence-corrected chi connectivity index (χ4v) is 4.12. The van der Waals surface area contributed by atoms with Crippen molar-refractivity contribution in [1.29, 1.82) is 0 Å². The molecule has 0 aliphatic carbocycles. The molecule has 0 spiro atoms. The number of hydrogen-bond acceptors (Lipinski definition) is 8. The third-order valence-corrected chi connectivity index (χ3v) is 5.65. The number of hydrogen-bond donors (Lipinski definition) is 1. The standard InChI is InChI=1S/C15H16F3N3O8S/c1-8(19-30(26,27)11-6-4-3-5-9(11)21(24)25)12(22)20-10(13(23)28-2)7-29-14(20)15(16,17)18/h3-6,8,10,14,19H,7H2,1-2H3/t8-,10-,14-/m0/s1. The largest absolute Gasteiger partial charge is 0.467 e. The van der Waals surface area contributed by atoms with Crippen LogP contribution in [0.15, 0.2) is 29.2 Å². The molecule has 1 fully saturated rings. The van der Waals surface area contributed by atoms with Gasteiger partial charge in [0.2, 0.25) is 22.2 Å². The van der Waals surface area contributed by atoms with Gasteiger partial charge in [-0.05, 0) is 13.0 Å². The van der Waals surface area contributed by atoms with Gasteiger partial charge in [0, 0.05) is 6.07 Å². The minimum atomic E-state index is -5.07. The minimum Gasteiger partial charge on any atom is -0.467 e. The highest BCUT2D eigenvalue weighted by Crippen LogP contribution is 2.33. The number of sulfonamides is 1. The average Bonchev–Trinajstić information content (AvgIpc) is 3.11. The van der Waals surface area contributed by atoms with E-state index in [0.717, 1.165) is 26.2 Å². The zero-order valence-electron chi connectivity index (χ0n) is 15.5. The van der Waals surface area contributed by atoms with Gasteiger partial charge in [0.1, 0.15) is 0 Å². The number of para-hydroxylation sites is 1. The van der Waals surface area contributed by atoms with Gasteiger partial charge in [-0.1, -0.05) is 12.1 Å². The lowest BCUT2D eigenvalue weighted by Gasteiger charge is -2.30. The highest BCUT2D eigenvalue weighted by Gasteiger charge is 2.56. The molecule has 0 unspecified atom stereocenters. The first-order chi connectivity index (χ1) is 13.8. The fraction of sp³-hybridized carbons (Fsp3) is 0.467. The molecule has 0 radical (unpaired) electrons. The topological polar surface area (TPSA) is 145 Å². The monoisotopic (exact) mass is 455 g/mol. The van der Waals surface area contributed by atoms with Crippen LogP contribution in [-0.4, -0.2) is 68.3 Å². The van der Waals surface area contributed by atoms with Gasteiger partial charge in [-0.3, -0.25) is 19.8 Å². The number of carbonyl (C=O) groups is 2. The summed E-state index contributed by atoms with van der Waals surface area (Å²) >= 11 is 0. The van der Waals surface area contributed by atoms with Crippen molar-refractivity contribution >= 4 is 27.6 Å². The van der Waals surface area contributed by atoms with Crippen molar-refractivity contribution in [1.82, 2.24) is 9.62 Å². The molecule has 166 valence electrons.